The van der Waals surface area contributed by atoms with E-state index in [9.17, 15) is 19.2 Å². The second-order valence-electron chi connectivity index (χ2n) is 5.67. The molecule has 3 heterocycles. The van der Waals surface area contributed by atoms with Crippen LogP contribution in [0.25, 0.3) is 0 Å². The van der Waals surface area contributed by atoms with Crippen LogP contribution in [0.3, 0.4) is 0 Å². The van der Waals surface area contributed by atoms with Crippen LogP contribution in [-0.2, 0) is 16.1 Å². The topological polar surface area (TPSA) is 106 Å². The summed E-state index contributed by atoms with van der Waals surface area (Å²) in [6.07, 6.45) is -0.251. The molecule has 0 radical (unpaired) electrons. The molecule has 0 unspecified atom stereocenters. The van der Waals surface area contributed by atoms with Crippen LogP contribution in [-0.4, -0.2) is 33.7 Å². The third kappa shape index (κ3) is 3.42. The Bertz CT molecular complexity index is 1060. The van der Waals surface area contributed by atoms with Crippen LogP contribution in [0.15, 0.2) is 47.2 Å². The van der Waals surface area contributed by atoms with E-state index in [-0.39, 0.29) is 23.5 Å². The summed E-state index contributed by atoms with van der Waals surface area (Å²) >= 11 is 2.46. The maximum atomic E-state index is 12.2. The second-order valence-corrected chi connectivity index (χ2v) is 7.47. The van der Waals surface area contributed by atoms with E-state index in [0.29, 0.717) is 20.8 Å². The number of hydrogen-bond donors (Lipinski definition) is 1. The Kier molecular flexibility index (Phi) is 4.72. The van der Waals surface area contributed by atoms with Crippen molar-refractivity contribution in [2.24, 2.45) is 0 Å². The number of imide groups is 1. The summed E-state index contributed by atoms with van der Waals surface area (Å²) in [6.45, 7) is 0. The van der Waals surface area contributed by atoms with Crippen LogP contribution in [0.1, 0.15) is 36.1 Å². The van der Waals surface area contributed by atoms with Crippen molar-refractivity contribution < 1.29 is 24.0 Å². The van der Waals surface area contributed by atoms with Gasteiger partial charge in [0.15, 0.2) is 5.13 Å². The molecule has 1 aromatic carbocycles. The largest absolute Gasteiger partial charge is 0.339 e. The van der Waals surface area contributed by atoms with Gasteiger partial charge in [-0.05, 0) is 23.6 Å². The third-order valence-electron chi connectivity index (χ3n) is 3.79. The van der Waals surface area contributed by atoms with Crippen LogP contribution < -0.4 is 5.32 Å². The number of amides is 3. The molecule has 10 heteroatoms. The molecule has 4 rings (SSSR count). The number of aromatic nitrogens is 1. The van der Waals surface area contributed by atoms with Crippen LogP contribution in [0.4, 0.5) is 5.13 Å². The minimum absolute atomic E-state index is 0.188. The molecule has 0 aliphatic carbocycles. The fraction of sp³-hybridized carbons (Fsp3) is 0.0556. The second kappa shape index (κ2) is 7.33. The molecule has 1 N–H and O–H groups in total. The zero-order chi connectivity index (χ0) is 19.7. The molecule has 3 amide bonds. The lowest BCUT2D eigenvalue weighted by atomic mass is 10.1. The Morgan fingerprint density at radius 3 is 2.39 bits per heavy atom. The van der Waals surface area contributed by atoms with E-state index in [1.54, 1.807) is 35.0 Å². The molecule has 140 valence electrons. The van der Waals surface area contributed by atoms with Crippen molar-refractivity contribution in [3.63, 3.8) is 0 Å². The molecular formula is C18H11N3O5S2. The van der Waals surface area contributed by atoms with Gasteiger partial charge >= 0.3 is 5.97 Å². The molecule has 1 aliphatic rings. The minimum atomic E-state index is -0.809. The average molecular weight is 413 g/mol. The van der Waals surface area contributed by atoms with Crippen molar-refractivity contribution in [1.29, 1.82) is 0 Å². The SMILES string of the molecule is O=C(Cc1csc(NC(=O)c2cccs2)n1)ON1C(=O)c2ccccc2C1=O. The van der Waals surface area contributed by atoms with E-state index in [1.807, 2.05) is 0 Å². The summed E-state index contributed by atoms with van der Waals surface area (Å²) in [5.41, 5.74) is 0.730. The molecule has 0 atom stereocenters. The van der Waals surface area contributed by atoms with E-state index in [4.69, 9.17) is 4.84 Å². The molecule has 3 aromatic rings. The van der Waals surface area contributed by atoms with Gasteiger partial charge in [0.1, 0.15) is 0 Å². The summed E-state index contributed by atoms with van der Waals surface area (Å²) in [5, 5.41) is 6.82. The molecule has 0 saturated heterocycles. The number of anilines is 1. The molecule has 28 heavy (non-hydrogen) atoms. The lowest BCUT2D eigenvalue weighted by Crippen LogP contribution is -2.33. The van der Waals surface area contributed by atoms with Gasteiger partial charge in [-0.15, -0.1) is 22.7 Å². The van der Waals surface area contributed by atoms with Crippen LogP contribution in [0.5, 0.6) is 0 Å². The van der Waals surface area contributed by atoms with Gasteiger partial charge in [-0.3, -0.25) is 19.7 Å². The number of fused-ring (bicyclic) bond motifs is 1. The summed E-state index contributed by atoms with van der Waals surface area (Å²) in [6, 6.07) is 9.68. The summed E-state index contributed by atoms with van der Waals surface area (Å²) < 4.78 is 0. The molecule has 2 aromatic heterocycles. The van der Waals surface area contributed by atoms with Crippen LogP contribution >= 0.6 is 22.7 Å². The zero-order valence-corrected chi connectivity index (χ0v) is 15.7. The van der Waals surface area contributed by atoms with Gasteiger partial charge in [0.25, 0.3) is 17.7 Å². The maximum Gasteiger partial charge on any atom is 0.339 e. The molecule has 0 bridgehead atoms. The molecular weight excluding hydrogens is 402 g/mol. The Morgan fingerprint density at radius 2 is 1.75 bits per heavy atom. The predicted molar refractivity (Wildman–Crippen MR) is 101 cm³/mol. The minimum Gasteiger partial charge on any atom is -0.329 e. The molecule has 1 aliphatic heterocycles. The standard InChI is InChI=1S/C18H11N3O5S2/c22-14(26-21-16(24)11-4-1-2-5-12(11)17(21)25)8-10-9-28-18(19-10)20-15(23)13-6-3-7-27-13/h1-7,9H,8H2,(H,19,20,23). The summed E-state index contributed by atoms with van der Waals surface area (Å²) in [4.78, 5) is 58.2. The van der Waals surface area contributed by atoms with Crippen LogP contribution in [0, 0.1) is 0 Å². The smallest absolute Gasteiger partial charge is 0.329 e. The number of nitrogens with one attached hydrogen (secondary N) is 1. The maximum absolute atomic E-state index is 12.2. The van der Waals surface area contributed by atoms with E-state index in [2.05, 4.69) is 10.3 Å². The number of thiazole rings is 1. The van der Waals surface area contributed by atoms with Gasteiger partial charge in [-0.25, -0.2) is 9.78 Å². The lowest BCUT2D eigenvalue weighted by Gasteiger charge is -2.12. The van der Waals surface area contributed by atoms with Gasteiger partial charge in [-0.2, -0.15) is 0 Å². The van der Waals surface area contributed by atoms with E-state index in [0.717, 1.165) is 11.3 Å². The van der Waals surface area contributed by atoms with E-state index in [1.165, 1.54) is 23.5 Å². The molecule has 0 saturated carbocycles. The summed E-state index contributed by atoms with van der Waals surface area (Å²) in [5.74, 6) is -2.47. The number of hydroxylamine groups is 2. The highest BCUT2D eigenvalue weighted by Crippen LogP contribution is 2.23. The number of carbonyl (C=O) groups is 4. The predicted octanol–water partition coefficient (Wildman–Crippen LogP) is 2.75. The number of benzene rings is 1. The number of hydrogen-bond acceptors (Lipinski definition) is 8. The Hall–Kier alpha value is -3.37. The molecule has 8 nitrogen and oxygen atoms in total. The van der Waals surface area contributed by atoms with Gasteiger partial charge < -0.3 is 4.84 Å². The van der Waals surface area contributed by atoms with Gasteiger partial charge in [-0.1, -0.05) is 23.3 Å². The first-order valence-corrected chi connectivity index (χ1v) is 9.77. The molecule has 0 spiro atoms. The Labute approximate surface area is 166 Å². The highest BCUT2D eigenvalue weighted by Gasteiger charge is 2.38. The normalized spacial score (nSPS) is 12.8. The highest BCUT2D eigenvalue weighted by atomic mass is 32.1. The van der Waals surface area contributed by atoms with Crippen molar-refractivity contribution in [2.75, 3.05) is 5.32 Å². The fourth-order valence-corrected chi connectivity index (χ4v) is 3.87. The van der Waals surface area contributed by atoms with E-state index < -0.39 is 17.8 Å². The number of thiophene rings is 1. The van der Waals surface area contributed by atoms with Gasteiger partial charge in [0.2, 0.25) is 0 Å². The zero-order valence-electron chi connectivity index (χ0n) is 14.1. The Morgan fingerprint density at radius 1 is 1.04 bits per heavy atom. The first kappa shape index (κ1) is 18.0. The van der Waals surface area contributed by atoms with Crippen molar-refractivity contribution in [3.8, 4) is 0 Å². The van der Waals surface area contributed by atoms with Gasteiger partial charge in [0, 0.05) is 5.38 Å². The van der Waals surface area contributed by atoms with E-state index >= 15 is 0 Å². The Balaban J connectivity index is 1.37. The number of nitrogens with zero attached hydrogens (tertiary/aromatic N) is 2. The van der Waals surface area contributed by atoms with Crippen molar-refractivity contribution >= 4 is 51.5 Å². The highest BCUT2D eigenvalue weighted by molar-refractivity contribution is 7.14. The van der Waals surface area contributed by atoms with Crippen molar-refractivity contribution in [3.05, 3.63) is 68.9 Å². The molecule has 0 fully saturated rings. The first-order valence-electron chi connectivity index (χ1n) is 8.01. The third-order valence-corrected chi connectivity index (χ3v) is 5.47. The quantitative estimate of drug-likeness (QED) is 0.645. The first-order chi connectivity index (χ1) is 13.5. The lowest BCUT2D eigenvalue weighted by molar-refractivity contribution is -0.167. The van der Waals surface area contributed by atoms with Gasteiger partial charge in [0.05, 0.1) is 28.1 Å². The van der Waals surface area contributed by atoms with Crippen molar-refractivity contribution in [1.82, 2.24) is 10.0 Å². The number of carbonyl (C=O) groups excluding carboxylic acids is 4. The fourth-order valence-electron chi connectivity index (χ4n) is 2.54. The average Bonchev–Trinajstić information content (AvgIpc) is 3.41. The summed E-state index contributed by atoms with van der Waals surface area (Å²) in [7, 11) is 0. The monoisotopic (exact) mass is 413 g/mol. The van der Waals surface area contributed by atoms with Crippen molar-refractivity contribution in [2.45, 2.75) is 6.42 Å². The van der Waals surface area contributed by atoms with Crippen LogP contribution in [0.2, 0.25) is 0 Å². The number of rotatable bonds is 5.